The monoisotopic (exact) mass is 314 g/mol. The van der Waals surface area contributed by atoms with E-state index in [1.807, 2.05) is 5.32 Å². The molecule has 21 heavy (non-hydrogen) atoms. The third kappa shape index (κ3) is 4.50. The number of urea groups is 1. The predicted molar refractivity (Wildman–Crippen MR) is 64.4 cm³/mol. The van der Waals surface area contributed by atoms with Gasteiger partial charge in [-0.15, -0.1) is 0 Å². The fraction of sp³-hybridized carbons (Fsp3) is 0.727. The number of ether oxygens (including phenoxy) is 1. The fourth-order valence-corrected chi connectivity index (χ4v) is 1.27. The van der Waals surface area contributed by atoms with Crippen molar-refractivity contribution in [1.29, 1.82) is 0 Å². The lowest BCUT2D eigenvalue weighted by Gasteiger charge is -2.29. The number of esters is 1. The van der Waals surface area contributed by atoms with E-state index in [0.29, 0.717) is 6.92 Å². The zero-order chi connectivity index (χ0) is 17.0. The number of hydrogen-bond donors (Lipinski definition) is 3. The molecule has 2 atom stereocenters. The molecule has 0 aromatic heterocycles. The number of alkyl halides is 3. The molecule has 2 amide bonds. The Labute approximate surface area is 118 Å². The molecule has 0 aliphatic carbocycles. The Hall–Kier alpha value is -2.00. The van der Waals surface area contributed by atoms with Crippen LogP contribution in [-0.2, 0) is 14.3 Å². The van der Waals surface area contributed by atoms with E-state index in [9.17, 15) is 27.6 Å². The van der Waals surface area contributed by atoms with Crippen molar-refractivity contribution in [2.45, 2.75) is 38.5 Å². The van der Waals surface area contributed by atoms with Gasteiger partial charge in [-0.1, -0.05) is 13.8 Å². The number of hydrogen-bond acceptors (Lipinski definition) is 4. The quantitative estimate of drug-likeness (QED) is 0.654. The van der Waals surface area contributed by atoms with Crippen molar-refractivity contribution in [3.05, 3.63) is 0 Å². The summed E-state index contributed by atoms with van der Waals surface area (Å²) in [4.78, 5) is 33.7. The molecule has 7 nitrogen and oxygen atoms in total. The van der Waals surface area contributed by atoms with E-state index < -0.39 is 41.6 Å². The van der Waals surface area contributed by atoms with Gasteiger partial charge in [0.15, 0.2) is 0 Å². The van der Waals surface area contributed by atoms with Gasteiger partial charge in [0.05, 0.1) is 7.11 Å². The third-order valence-corrected chi connectivity index (χ3v) is 2.77. The first kappa shape index (κ1) is 19.0. The van der Waals surface area contributed by atoms with E-state index in [2.05, 4.69) is 4.74 Å². The predicted octanol–water partition coefficient (Wildman–Crippen LogP) is 0.889. The Morgan fingerprint density at radius 3 is 1.95 bits per heavy atom. The van der Waals surface area contributed by atoms with E-state index >= 15 is 0 Å². The Balaban J connectivity index is 5.11. The Morgan fingerprint density at radius 2 is 1.67 bits per heavy atom. The van der Waals surface area contributed by atoms with Crippen molar-refractivity contribution in [3.8, 4) is 0 Å². The fourth-order valence-electron chi connectivity index (χ4n) is 1.27. The maximum Gasteiger partial charge on any atom is 0.422 e. The molecule has 0 heterocycles. The van der Waals surface area contributed by atoms with Crippen LogP contribution in [0.25, 0.3) is 0 Å². The molecule has 0 aliphatic heterocycles. The molecule has 122 valence electrons. The number of aliphatic carboxylic acids is 1. The zero-order valence-corrected chi connectivity index (χ0v) is 11.9. The summed E-state index contributed by atoms with van der Waals surface area (Å²) in [6.45, 7) is 3.36. The van der Waals surface area contributed by atoms with Gasteiger partial charge in [0.25, 0.3) is 0 Å². The molecule has 0 rings (SSSR count). The second-order valence-corrected chi connectivity index (χ2v) is 4.77. The highest BCUT2D eigenvalue weighted by molar-refractivity contribution is 5.89. The number of carboxylic acids is 1. The number of rotatable bonds is 5. The second-order valence-electron chi connectivity index (χ2n) is 4.77. The van der Waals surface area contributed by atoms with Gasteiger partial charge < -0.3 is 20.5 Å². The molecule has 0 spiro atoms. The molecular formula is C11H17F3N2O5. The number of carbonyl (C=O) groups is 3. The molecule has 0 fully saturated rings. The van der Waals surface area contributed by atoms with Crippen molar-refractivity contribution in [2.75, 3.05) is 7.11 Å². The molecule has 0 radical (unpaired) electrons. The molecule has 2 unspecified atom stereocenters. The molecular weight excluding hydrogens is 297 g/mol. The minimum Gasteiger partial charge on any atom is -0.479 e. The summed E-state index contributed by atoms with van der Waals surface area (Å²) >= 11 is 0. The lowest BCUT2D eigenvalue weighted by atomic mass is 10.0. The highest BCUT2D eigenvalue weighted by Crippen LogP contribution is 2.30. The van der Waals surface area contributed by atoms with Gasteiger partial charge in [-0.3, -0.25) is 0 Å². The van der Waals surface area contributed by atoms with Gasteiger partial charge >= 0.3 is 24.1 Å². The Bertz CT molecular complexity index is 425. The van der Waals surface area contributed by atoms with Crippen LogP contribution in [0.5, 0.6) is 0 Å². The van der Waals surface area contributed by atoms with E-state index in [1.165, 1.54) is 19.2 Å². The number of nitrogens with one attached hydrogen (secondary N) is 2. The maximum atomic E-state index is 12.7. The maximum absolute atomic E-state index is 12.7. The molecule has 0 saturated heterocycles. The Morgan fingerprint density at radius 1 is 1.19 bits per heavy atom. The van der Waals surface area contributed by atoms with E-state index in [0.717, 1.165) is 7.11 Å². The van der Waals surface area contributed by atoms with Crippen LogP contribution in [0, 0.1) is 5.92 Å². The molecule has 0 aromatic carbocycles. The topological polar surface area (TPSA) is 105 Å². The smallest absolute Gasteiger partial charge is 0.422 e. The highest BCUT2D eigenvalue weighted by Gasteiger charge is 2.58. The van der Waals surface area contributed by atoms with Crippen LogP contribution >= 0.6 is 0 Å². The largest absolute Gasteiger partial charge is 0.479 e. The van der Waals surface area contributed by atoms with Gasteiger partial charge in [0.2, 0.25) is 5.54 Å². The van der Waals surface area contributed by atoms with E-state index in [4.69, 9.17) is 5.11 Å². The minimum atomic E-state index is -5.21. The average molecular weight is 314 g/mol. The van der Waals surface area contributed by atoms with E-state index in [-0.39, 0.29) is 0 Å². The second kappa shape index (κ2) is 6.64. The SMILES string of the molecule is COC(=O)C(NC(=O)NC(C)(C(=O)O)C(F)(F)F)C(C)C. The summed E-state index contributed by atoms with van der Waals surface area (Å²) in [5.74, 6) is -3.60. The van der Waals surface area contributed by atoms with Crippen LogP contribution in [0.1, 0.15) is 20.8 Å². The standard InChI is InChI=1S/C11H17F3N2O5/c1-5(2)6(7(17)21-4)15-9(20)16-10(3,8(18)19)11(12,13)14/h5-6H,1-4H3,(H,18,19)(H2,15,16,20). The van der Waals surface area contributed by atoms with Crippen LogP contribution in [0.2, 0.25) is 0 Å². The van der Waals surface area contributed by atoms with Crippen molar-refractivity contribution in [2.24, 2.45) is 5.92 Å². The van der Waals surface area contributed by atoms with Crippen LogP contribution in [0.15, 0.2) is 0 Å². The van der Waals surface area contributed by atoms with Gasteiger partial charge in [-0.2, -0.15) is 13.2 Å². The van der Waals surface area contributed by atoms with Crippen LogP contribution in [-0.4, -0.2) is 47.9 Å². The first-order valence-electron chi connectivity index (χ1n) is 5.83. The minimum absolute atomic E-state index is 0.303. The summed E-state index contributed by atoms with van der Waals surface area (Å²) in [6, 6.07) is -2.65. The molecule has 0 aliphatic rings. The molecule has 0 aromatic rings. The highest BCUT2D eigenvalue weighted by atomic mass is 19.4. The summed E-state index contributed by atoms with van der Waals surface area (Å²) in [5.41, 5.74) is -3.48. The summed E-state index contributed by atoms with van der Waals surface area (Å²) in [7, 11) is 1.05. The van der Waals surface area contributed by atoms with Crippen LogP contribution in [0.3, 0.4) is 0 Å². The summed E-state index contributed by atoms with van der Waals surface area (Å²) < 4.78 is 42.6. The number of carboxylic acid groups (broad SMARTS) is 1. The number of methoxy groups -OCH3 is 1. The molecule has 0 bridgehead atoms. The van der Waals surface area contributed by atoms with Gasteiger partial charge in [-0.05, 0) is 12.8 Å². The third-order valence-electron chi connectivity index (χ3n) is 2.77. The molecule has 0 saturated carbocycles. The molecule has 10 heteroatoms. The lowest BCUT2D eigenvalue weighted by molar-refractivity contribution is -0.203. The van der Waals surface area contributed by atoms with Gasteiger partial charge in [0.1, 0.15) is 6.04 Å². The normalized spacial score (nSPS) is 15.8. The van der Waals surface area contributed by atoms with Crippen molar-refractivity contribution in [1.82, 2.24) is 10.6 Å². The lowest BCUT2D eigenvalue weighted by Crippen LogP contribution is -2.65. The summed E-state index contributed by atoms with van der Waals surface area (Å²) in [6.07, 6.45) is -5.21. The van der Waals surface area contributed by atoms with E-state index in [1.54, 1.807) is 0 Å². The van der Waals surface area contributed by atoms with Crippen molar-refractivity contribution >= 4 is 18.0 Å². The zero-order valence-electron chi connectivity index (χ0n) is 11.9. The average Bonchev–Trinajstić information content (AvgIpc) is 2.32. The number of amides is 2. The first-order valence-corrected chi connectivity index (χ1v) is 5.83. The molecule has 3 N–H and O–H groups in total. The van der Waals surface area contributed by atoms with Gasteiger partial charge in [0, 0.05) is 0 Å². The van der Waals surface area contributed by atoms with Gasteiger partial charge in [-0.25, -0.2) is 14.4 Å². The number of halogens is 3. The van der Waals surface area contributed by atoms with Crippen molar-refractivity contribution in [3.63, 3.8) is 0 Å². The van der Waals surface area contributed by atoms with Crippen LogP contribution < -0.4 is 10.6 Å². The number of carbonyl (C=O) groups excluding carboxylic acids is 2. The van der Waals surface area contributed by atoms with Crippen molar-refractivity contribution < 1.29 is 37.4 Å². The Kier molecular flexibility index (Phi) is 6.00. The first-order chi connectivity index (χ1) is 9.36. The summed E-state index contributed by atoms with van der Waals surface area (Å²) in [5, 5.41) is 11.9. The van der Waals surface area contributed by atoms with Crippen LogP contribution in [0.4, 0.5) is 18.0 Å².